The topological polar surface area (TPSA) is 52.6 Å². The van der Waals surface area contributed by atoms with Crippen LogP contribution in [0, 0.1) is 0 Å². The van der Waals surface area contributed by atoms with Gasteiger partial charge >= 0.3 is 0 Å². The SMILES string of the molecule is C1COCCO1.CC(=O)CCC(C)=O. The van der Waals surface area contributed by atoms with Crippen LogP contribution in [0.5, 0.6) is 0 Å². The summed E-state index contributed by atoms with van der Waals surface area (Å²) in [7, 11) is 0. The molecule has 1 heterocycles. The molecule has 4 nitrogen and oxygen atoms in total. The molecular formula is C10H18O4. The molecule has 0 bridgehead atoms. The highest BCUT2D eigenvalue weighted by Gasteiger charge is 1.95. The van der Waals surface area contributed by atoms with Gasteiger partial charge in [0.05, 0.1) is 26.4 Å². The van der Waals surface area contributed by atoms with Crippen LogP contribution in [-0.2, 0) is 19.1 Å². The summed E-state index contributed by atoms with van der Waals surface area (Å²) in [5.74, 6) is 0.167. The fourth-order valence-electron chi connectivity index (χ4n) is 0.792. The van der Waals surface area contributed by atoms with Crippen molar-refractivity contribution in [3.05, 3.63) is 0 Å². The molecular weight excluding hydrogens is 184 g/mol. The molecule has 0 aromatic heterocycles. The Balaban J connectivity index is 0.000000249. The Labute approximate surface area is 84.6 Å². The highest BCUT2D eigenvalue weighted by atomic mass is 16.6. The van der Waals surface area contributed by atoms with Gasteiger partial charge in [-0.15, -0.1) is 0 Å². The Morgan fingerprint density at radius 2 is 1.14 bits per heavy atom. The van der Waals surface area contributed by atoms with Gasteiger partial charge in [0.15, 0.2) is 0 Å². The number of carbonyl (C=O) groups excluding carboxylic acids is 2. The highest BCUT2D eigenvalue weighted by Crippen LogP contribution is 1.89. The van der Waals surface area contributed by atoms with Gasteiger partial charge in [-0.2, -0.15) is 0 Å². The van der Waals surface area contributed by atoms with E-state index in [1.54, 1.807) is 0 Å². The van der Waals surface area contributed by atoms with Crippen LogP contribution < -0.4 is 0 Å². The van der Waals surface area contributed by atoms with Crippen LogP contribution in [-0.4, -0.2) is 38.0 Å². The molecule has 4 heteroatoms. The molecule has 0 atom stereocenters. The van der Waals surface area contributed by atoms with Crippen molar-refractivity contribution in [3.8, 4) is 0 Å². The summed E-state index contributed by atoms with van der Waals surface area (Å²) in [4.78, 5) is 20.4. The first-order valence-corrected chi connectivity index (χ1v) is 4.77. The zero-order valence-electron chi connectivity index (χ0n) is 8.88. The molecule has 0 spiro atoms. The molecule has 82 valence electrons. The summed E-state index contributed by atoms with van der Waals surface area (Å²) in [6.45, 7) is 6.09. The molecule has 0 aromatic carbocycles. The van der Waals surface area contributed by atoms with E-state index in [-0.39, 0.29) is 11.6 Å². The molecule has 14 heavy (non-hydrogen) atoms. The van der Waals surface area contributed by atoms with E-state index in [4.69, 9.17) is 9.47 Å². The lowest BCUT2D eigenvalue weighted by molar-refractivity contribution is -0.122. The summed E-state index contributed by atoms with van der Waals surface area (Å²) < 4.78 is 9.89. The van der Waals surface area contributed by atoms with Gasteiger partial charge in [-0.3, -0.25) is 0 Å². The maximum atomic E-state index is 10.2. The van der Waals surface area contributed by atoms with Crippen molar-refractivity contribution >= 4 is 11.6 Å². The number of ether oxygens (including phenoxy) is 2. The predicted octanol–water partition coefficient (Wildman–Crippen LogP) is 0.978. The lowest BCUT2D eigenvalue weighted by Gasteiger charge is -2.09. The van der Waals surface area contributed by atoms with Gasteiger partial charge in [-0.1, -0.05) is 0 Å². The Bertz CT molecular complexity index is 147. The summed E-state index contributed by atoms with van der Waals surface area (Å²) in [6.07, 6.45) is 0.796. The summed E-state index contributed by atoms with van der Waals surface area (Å²) >= 11 is 0. The number of hydrogen-bond donors (Lipinski definition) is 0. The van der Waals surface area contributed by atoms with Crippen LogP contribution in [0.15, 0.2) is 0 Å². The average Bonchev–Trinajstić information content (AvgIpc) is 2.18. The third-order valence-corrected chi connectivity index (χ3v) is 1.57. The first kappa shape index (κ1) is 13.3. The van der Waals surface area contributed by atoms with Gasteiger partial charge in [0.25, 0.3) is 0 Å². The predicted molar refractivity (Wildman–Crippen MR) is 52.2 cm³/mol. The van der Waals surface area contributed by atoms with Crippen molar-refractivity contribution in [2.24, 2.45) is 0 Å². The summed E-state index contributed by atoms with van der Waals surface area (Å²) in [5, 5.41) is 0. The monoisotopic (exact) mass is 202 g/mol. The third kappa shape index (κ3) is 11.3. The number of carbonyl (C=O) groups is 2. The van der Waals surface area contributed by atoms with Gasteiger partial charge in [0.1, 0.15) is 11.6 Å². The number of ketones is 2. The molecule has 0 N–H and O–H groups in total. The molecule has 0 aliphatic carbocycles. The van der Waals surface area contributed by atoms with Crippen LogP contribution in [0.1, 0.15) is 26.7 Å². The molecule has 1 aliphatic rings. The highest BCUT2D eigenvalue weighted by molar-refractivity contribution is 5.83. The first-order chi connectivity index (χ1) is 6.63. The average molecular weight is 202 g/mol. The van der Waals surface area contributed by atoms with Crippen LogP contribution in [0.3, 0.4) is 0 Å². The Hall–Kier alpha value is -0.740. The van der Waals surface area contributed by atoms with E-state index in [9.17, 15) is 9.59 Å². The van der Waals surface area contributed by atoms with E-state index >= 15 is 0 Å². The molecule has 1 saturated heterocycles. The van der Waals surface area contributed by atoms with Crippen LogP contribution in [0.4, 0.5) is 0 Å². The van der Waals surface area contributed by atoms with E-state index < -0.39 is 0 Å². The second kappa shape index (κ2) is 8.84. The smallest absolute Gasteiger partial charge is 0.130 e. The fraction of sp³-hybridized carbons (Fsp3) is 0.800. The molecule has 1 rings (SSSR count). The number of Topliss-reactive ketones (excluding diaryl/α,β-unsaturated/α-hetero) is 2. The summed E-state index contributed by atoms with van der Waals surface area (Å²) in [6, 6.07) is 0. The molecule has 0 radical (unpaired) electrons. The second-order valence-corrected chi connectivity index (χ2v) is 3.13. The Kier molecular flexibility index (Phi) is 8.37. The lowest BCUT2D eigenvalue weighted by Crippen LogP contribution is -2.16. The quantitative estimate of drug-likeness (QED) is 0.684. The first-order valence-electron chi connectivity index (χ1n) is 4.77. The van der Waals surface area contributed by atoms with Crippen molar-refractivity contribution in [1.29, 1.82) is 0 Å². The molecule has 0 saturated carbocycles. The maximum absolute atomic E-state index is 10.2. The van der Waals surface area contributed by atoms with Crippen molar-refractivity contribution in [3.63, 3.8) is 0 Å². The Morgan fingerprint density at radius 3 is 1.29 bits per heavy atom. The van der Waals surface area contributed by atoms with Crippen LogP contribution in [0.2, 0.25) is 0 Å². The second-order valence-electron chi connectivity index (χ2n) is 3.13. The lowest BCUT2D eigenvalue weighted by atomic mass is 10.2. The maximum Gasteiger partial charge on any atom is 0.130 e. The van der Waals surface area contributed by atoms with Gasteiger partial charge in [-0.05, 0) is 13.8 Å². The van der Waals surface area contributed by atoms with E-state index in [2.05, 4.69) is 0 Å². The number of rotatable bonds is 3. The zero-order valence-corrected chi connectivity index (χ0v) is 8.88. The van der Waals surface area contributed by atoms with Crippen molar-refractivity contribution in [2.75, 3.05) is 26.4 Å². The van der Waals surface area contributed by atoms with E-state index in [1.165, 1.54) is 13.8 Å². The third-order valence-electron chi connectivity index (χ3n) is 1.57. The molecule has 0 aromatic rings. The van der Waals surface area contributed by atoms with E-state index in [0.29, 0.717) is 12.8 Å². The minimum absolute atomic E-state index is 0.0835. The minimum atomic E-state index is 0.0835. The Morgan fingerprint density at radius 1 is 0.857 bits per heavy atom. The molecule has 1 fully saturated rings. The minimum Gasteiger partial charge on any atom is -0.377 e. The van der Waals surface area contributed by atoms with E-state index in [0.717, 1.165) is 26.4 Å². The number of hydrogen-bond acceptors (Lipinski definition) is 4. The van der Waals surface area contributed by atoms with Gasteiger partial charge < -0.3 is 19.1 Å². The van der Waals surface area contributed by atoms with Gasteiger partial charge in [0, 0.05) is 12.8 Å². The molecule has 0 unspecified atom stereocenters. The zero-order chi connectivity index (χ0) is 10.8. The van der Waals surface area contributed by atoms with Crippen molar-refractivity contribution in [2.45, 2.75) is 26.7 Å². The van der Waals surface area contributed by atoms with Crippen molar-refractivity contribution < 1.29 is 19.1 Å². The van der Waals surface area contributed by atoms with Gasteiger partial charge in [0.2, 0.25) is 0 Å². The standard InChI is InChI=1S/C6H10O2.C4H8O2/c1-5(7)3-4-6(2)8;1-2-6-4-3-5-1/h3-4H2,1-2H3;1-4H2. The van der Waals surface area contributed by atoms with E-state index in [1.807, 2.05) is 0 Å². The van der Waals surface area contributed by atoms with Crippen molar-refractivity contribution in [1.82, 2.24) is 0 Å². The summed E-state index contributed by atoms with van der Waals surface area (Å²) in [5.41, 5.74) is 0. The fourth-order valence-corrected chi connectivity index (χ4v) is 0.792. The van der Waals surface area contributed by atoms with Crippen LogP contribution in [0.25, 0.3) is 0 Å². The van der Waals surface area contributed by atoms with Gasteiger partial charge in [-0.25, -0.2) is 0 Å². The molecule has 0 amide bonds. The normalized spacial score (nSPS) is 15.3. The van der Waals surface area contributed by atoms with Crippen LogP contribution >= 0.6 is 0 Å². The molecule has 1 aliphatic heterocycles. The largest absolute Gasteiger partial charge is 0.377 e.